The molecule has 0 spiro atoms. The molecule has 1 aliphatic heterocycles. The first-order chi connectivity index (χ1) is 10.8. The second-order valence-electron chi connectivity index (χ2n) is 4.54. The van der Waals surface area contributed by atoms with Gasteiger partial charge >= 0.3 is 5.97 Å². The number of hydrogen-bond acceptors (Lipinski definition) is 8. The Morgan fingerprint density at radius 2 is 1.33 bits per heavy atom. The number of carboxylic acids is 2. The second kappa shape index (κ2) is 16.1. The van der Waals surface area contributed by atoms with Gasteiger partial charge < -0.3 is 25.2 Å². The van der Waals surface area contributed by atoms with Crippen LogP contribution in [0.2, 0.25) is 0 Å². The molecule has 144 valence electrons. The Bertz CT molecular complexity index is 425. The largest absolute Gasteiger partial charge is 0.481 e. The highest BCUT2D eigenvalue weighted by Crippen LogP contribution is 2.08. The van der Waals surface area contributed by atoms with Crippen molar-refractivity contribution in [1.82, 2.24) is 0 Å². The van der Waals surface area contributed by atoms with E-state index in [-0.39, 0.29) is 13.2 Å². The molecule has 0 radical (unpaired) electrons. The van der Waals surface area contributed by atoms with E-state index in [1.165, 1.54) is 6.92 Å². The van der Waals surface area contributed by atoms with Crippen molar-refractivity contribution < 1.29 is 48.0 Å². The van der Waals surface area contributed by atoms with Crippen LogP contribution in [0.3, 0.4) is 0 Å². The molecule has 0 aromatic carbocycles. The highest BCUT2D eigenvalue weighted by molar-refractivity contribution is 7.91. The highest BCUT2D eigenvalue weighted by atomic mass is 32.2. The maximum Gasteiger partial charge on any atom is 0.302 e. The minimum atomic E-state index is -2.55. The Hall–Kier alpha value is -1.72. The predicted molar refractivity (Wildman–Crippen MR) is 84.2 cm³/mol. The van der Waals surface area contributed by atoms with E-state index in [1.54, 1.807) is 0 Å². The van der Waals surface area contributed by atoms with Crippen molar-refractivity contribution >= 4 is 27.7 Å². The van der Waals surface area contributed by atoms with Crippen LogP contribution in [0.5, 0.6) is 0 Å². The minimum absolute atomic E-state index is 0.133. The van der Waals surface area contributed by atoms with Crippen molar-refractivity contribution in [2.75, 3.05) is 24.7 Å². The number of aliphatic hydroxyl groups excluding tert-OH is 2. The maximum absolute atomic E-state index is 10.4. The summed E-state index contributed by atoms with van der Waals surface area (Å²) in [6.45, 7) is 2.89. The van der Waals surface area contributed by atoms with E-state index in [4.69, 9.17) is 30.0 Å². The number of carbonyl (C=O) groups excluding carboxylic acids is 1. The van der Waals surface area contributed by atoms with Crippen LogP contribution in [0.1, 0.15) is 33.6 Å². The number of sulfone groups is 1. The van der Waals surface area contributed by atoms with Gasteiger partial charge in [-0.2, -0.15) is 0 Å². The fourth-order valence-corrected chi connectivity index (χ4v) is 2.50. The fraction of sp³-hybridized carbons (Fsp3) is 0.769. The molecule has 1 saturated heterocycles. The fourth-order valence-electron chi connectivity index (χ4n) is 1.01. The van der Waals surface area contributed by atoms with E-state index < -0.39 is 33.8 Å². The van der Waals surface area contributed by atoms with Crippen molar-refractivity contribution in [2.24, 2.45) is 0 Å². The zero-order chi connectivity index (χ0) is 19.8. The van der Waals surface area contributed by atoms with Crippen molar-refractivity contribution in [1.29, 1.82) is 0 Å². The molecule has 0 aromatic heterocycles. The molecular weight excluding hydrogens is 348 g/mol. The summed E-state index contributed by atoms with van der Waals surface area (Å²) in [6.07, 6.45) is 0.805. The monoisotopic (exact) mass is 374 g/mol. The number of carboxylic acid groups (broad SMARTS) is 2. The van der Waals surface area contributed by atoms with Gasteiger partial charge in [-0.05, 0) is 12.8 Å². The van der Waals surface area contributed by atoms with Crippen LogP contribution in [-0.2, 0) is 29.0 Å². The molecule has 1 fully saturated rings. The summed E-state index contributed by atoms with van der Waals surface area (Å²) in [4.78, 5) is 28.0. The molecule has 1 rings (SSSR count). The van der Waals surface area contributed by atoms with Gasteiger partial charge in [0.15, 0.2) is 0 Å². The number of esters is 1. The molecule has 1 atom stereocenters. The summed E-state index contributed by atoms with van der Waals surface area (Å²) in [7, 11) is -2.55. The SMILES string of the molecule is CC(=O)O.CC(=O)O.CC(=O)OCC(O)CO.O=S1(=O)CCCC1. The lowest BCUT2D eigenvalue weighted by molar-refractivity contribution is -0.144. The average molecular weight is 374 g/mol. The van der Waals surface area contributed by atoms with Crippen molar-refractivity contribution in [3.63, 3.8) is 0 Å². The molecule has 1 aliphatic rings. The molecule has 1 heterocycles. The molecule has 24 heavy (non-hydrogen) atoms. The van der Waals surface area contributed by atoms with Crippen LogP contribution in [-0.4, -0.2) is 77.6 Å². The summed E-state index contributed by atoms with van der Waals surface area (Å²) < 4.78 is 25.2. The van der Waals surface area contributed by atoms with Crippen LogP contribution < -0.4 is 0 Å². The third-order valence-electron chi connectivity index (χ3n) is 1.85. The smallest absolute Gasteiger partial charge is 0.302 e. The molecule has 1 unspecified atom stereocenters. The Morgan fingerprint density at radius 1 is 1.00 bits per heavy atom. The van der Waals surface area contributed by atoms with Gasteiger partial charge in [0, 0.05) is 20.8 Å². The van der Waals surface area contributed by atoms with Gasteiger partial charge in [0.2, 0.25) is 0 Å². The molecule has 0 aliphatic carbocycles. The van der Waals surface area contributed by atoms with Crippen LogP contribution in [0.25, 0.3) is 0 Å². The number of aliphatic carboxylic acids is 2. The average Bonchev–Trinajstić information content (AvgIpc) is 2.80. The summed E-state index contributed by atoms with van der Waals surface area (Å²) in [6, 6.07) is 0. The van der Waals surface area contributed by atoms with Gasteiger partial charge in [-0.1, -0.05) is 0 Å². The minimum Gasteiger partial charge on any atom is -0.481 e. The van der Waals surface area contributed by atoms with Gasteiger partial charge in [-0.25, -0.2) is 8.42 Å². The van der Waals surface area contributed by atoms with Gasteiger partial charge in [-0.15, -0.1) is 0 Å². The first-order valence-corrected chi connectivity index (χ1v) is 8.68. The molecule has 0 aromatic rings. The predicted octanol–water partition coefficient (Wildman–Crippen LogP) is -0.720. The van der Waals surface area contributed by atoms with Gasteiger partial charge in [0.25, 0.3) is 11.9 Å². The number of ether oxygens (including phenoxy) is 1. The van der Waals surface area contributed by atoms with E-state index in [0.717, 1.165) is 26.7 Å². The Kier molecular flexibility index (Phi) is 18.3. The van der Waals surface area contributed by atoms with E-state index >= 15 is 0 Å². The van der Waals surface area contributed by atoms with E-state index in [2.05, 4.69) is 4.74 Å². The van der Waals surface area contributed by atoms with Crippen LogP contribution in [0, 0.1) is 0 Å². The standard InChI is InChI=1S/C5H10O4.C4H8O2S.2C2H4O2/c1-4(7)9-3-5(8)2-6;5-7(6)3-1-2-4-7;2*1-2(3)4/h5-6,8H,2-3H2,1H3;1-4H2;2*1H3,(H,3,4). The molecule has 0 saturated carbocycles. The van der Waals surface area contributed by atoms with Crippen molar-refractivity contribution in [3.8, 4) is 0 Å². The quantitative estimate of drug-likeness (QED) is 0.461. The lowest BCUT2D eigenvalue weighted by Gasteiger charge is -2.05. The lowest BCUT2D eigenvalue weighted by Crippen LogP contribution is -2.20. The Balaban J connectivity index is -0.000000261. The highest BCUT2D eigenvalue weighted by Gasteiger charge is 2.16. The molecule has 4 N–H and O–H groups in total. The van der Waals surface area contributed by atoms with Crippen LogP contribution in [0.15, 0.2) is 0 Å². The van der Waals surface area contributed by atoms with Gasteiger partial charge in [0.1, 0.15) is 22.5 Å². The molecule has 11 heteroatoms. The number of rotatable bonds is 3. The van der Waals surface area contributed by atoms with Gasteiger partial charge in [-0.3, -0.25) is 14.4 Å². The van der Waals surface area contributed by atoms with E-state index in [1.807, 2.05) is 0 Å². The zero-order valence-corrected chi connectivity index (χ0v) is 14.8. The van der Waals surface area contributed by atoms with Crippen molar-refractivity contribution in [2.45, 2.75) is 39.7 Å². The number of carbonyl (C=O) groups is 3. The number of hydrogen-bond donors (Lipinski definition) is 4. The normalized spacial score (nSPS) is 15.0. The topological polar surface area (TPSA) is 175 Å². The van der Waals surface area contributed by atoms with Crippen LogP contribution in [0.4, 0.5) is 0 Å². The maximum atomic E-state index is 10.4. The molecule has 0 amide bonds. The molecule has 0 bridgehead atoms. The van der Waals surface area contributed by atoms with E-state index in [0.29, 0.717) is 11.5 Å². The first-order valence-electron chi connectivity index (χ1n) is 6.85. The summed E-state index contributed by atoms with van der Waals surface area (Å²) in [5.41, 5.74) is 0. The second-order valence-corrected chi connectivity index (χ2v) is 6.84. The van der Waals surface area contributed by atoms with E-state index in [9.17, 15) is 13.2 Å². The summed E-state index contributed by atoms with van der Waals surface area (Å²) in [5.74, 6) is -1.28. The number of aliphatic hydroxyl groups is 2. The van der Waals surface area contributed by atoms with Crippen LogP contribution >= 0.6 is 0 Å². The summed E-state index contributed by atoms with van der Waals surface area (Å²) in [5, 5.41) is 31.6. The molecular formula is C13H26O10S. The van der Waals surface area contributed by atoms with Crippen molar-refractivity contribution in [3.05, 3.63) is 0 Å². The Morgan fingerprint density at radius 3 is 1.50 bits per heavy atom. The van der Waals surface area contributed by atoms with Gasteiger partial charge in [0.05, 0.1) is 18.1 Å². The zero-order valence-electron chi connectivity index (χ0n) is 14.0. The Labute approximate surface area is 141 Å². The first kappa shape index (κ1) is 27.1. The third kappa shape index (κ3) is 37.0. The third-order valence-corrected chi connectivity index (χ3v) is 3.67. The molecule has 10 nitrogen and oxygen atoms in total. The summed E-state index contributed by atoms with van der Waals surface area (Å²) >= 11 is 0. The lowest BCUT2D eigenvalue weighted by atomic mass is 10.4.